The molecule has 1 aromatic heterocycles. The van der Waals surface area contributed by atoms with Crippen LogP contribution in [0.3, 0.4) is 0 Å². The van der Waals surface area contributed by atoms with Crippen LogP contribution in [-0.2, 0) is 9.53 Å². The molecule has 6 heteroatoms. The molecular weight excluding hydrogens is 236 g/mol. The number of amides is 1. The molecule has 0 bridgehead atoms. The molecule has 2 rings (SSSR count). The van der Waals surface area contributed by atoms with Crippen LogP contribution in [-0.4, -0.2) is 29.1 Å². The minimum atomic E-state index is -0.522. The molecule has 1 aromatic carbocycles. The first-order valence-electron chi connectivity index (χ1n) is 5.23. The van der Waals surface area contributed by atoms with Crippen LogP contribution in [0.4, 0.5) is 5.69 Å². The summed E-state index contributed by atoms with van der Waals surface area (Å²) in [4.78, 5) is 25.1. The van der Waals surface area contributed by atoms with Gasteiger partial charge in [-0.1, -0.05) is 0 Å². The lowest BCUT2D eigenvalue weighted by Gasteiger charge is -2.03. The van der Waals surface area contributed by atoms with Crippen molar-refractivity contribution in [3.63, 3.8) is 0 Å². The first-order valence-corrected chi connectivity index (χ1v) is 5.23. The molecular formula is C12H12N2O4. The number of esters is 1. The summed E-state index contributed by atoms with van der Waals surface area (Å²) in [6.45, 7) is 1.37. The van der Waals surface area contributed by atoms with Crippen LogP contribution in [0.1, 0.15) is 17.4 Å². The average Bonchev–Trinajstić information content (AvgIpc) is 2.71. The second-order valence-electron chi connectivity index (χ2n) is 3.81. The number of carbonyl (C=O) groups excluding carboxylic acids is 2. The lowest BCUT2D eigenvalue weighted by molar-refractivity contribution is -0.114. The molecule has 1 heterocycles. The number of fused-ring (bicyclic) bond motifs is 1. The molecule has 1 amide bonds. The maximum atomic E-state index is 11.4. The molecule has 0 aliphatic carbocycles. The van der Waals surface area contributed by atoms with E-state index in [4.69, 9.17) is 0 Å². The average molecular weight is 248 g/mol. The molecule has 2 aromatic rings. The van der Waals surface area contributed by atoms with Crippen molar-refractivity contribution in [3.05, 3.63) is 23.9 Å². The zero-order valence-corrected chi connectivity index (χ0v) is 9.90. The van der Waals surface area contributed by atoms with E-state index in [2.05, 4.69) is 15.0 Å². The number of rotatable bonds is 2. The number of carbonyl (C=O) groups is 2. The van der Waals surface area contributed by atoms with E-state index in [1.807, 2.05) is 0 Å². The van der Waals surface area contributed by atoms with E-state index < -0.39 is 5.97 Å². The van der Waals surface area contributed by atoms with Crippen molar-refractivity contribution < 1.29 is 19.4 Å². The van der Waals surface area contributed by atoms with Crippen molar-refractivity contribution in [3.8, 4) is 5.75 Å². The summed E-state index contributed by atoms with van der Waals surface area (Å²) < 4.78 is 4.58. The van der Waals surface area contributed by atoms with Crippen LogP contribution in [0.2, 0.25) is 0 Å². The summed E-state index contributed by atoms with van der Waals surface area (Å²) in [6.07, 6.45) is 0. The van der Waals surface area contributed by atoms with Gasteiger partial charge in [0.05, 0.1) is 12.6 Å². The zero-order chi connectivity index (χ0) is 13.3. The predicted molar refractivity (Wildman–Crippen MR) is 65.6 cm³/mol. The third-order valence-electron chi connectivity index (χ3n) is 2.44. The van der Waals surface area contributed by atoms with Crippen LogP contribution in [0, 0.1) is 0 Å². The number of phenolic OH excluding ortho intramolecular Hbond substituents is 1. The summed E-state index contributed by atoms with van der Waals surface area (Å²) in [6, 6.07) is 4.54. The van der Waals surface area contributed by atoms with Gasteiger partial charge in [0.15, 0.2) is 0 Å². The fourth-order valence-corrected chi connectivity index (χ4v) is 1.71. The van der Waals surface area contributed by atoms with Gasteiger partial charge in [-0.05, 0) is 12.1 Å². The van der Waals surface area contributed by atoms with E-state index in [1.54, 1.807) is 6.07 Å². The van der Waals surface area contributed by atoms with Gasteiger partial charge in [-0.15, -0.1) is 0 Å². The molecule has 0 aliphatic heterocycles. The number of hydrogen-bond acceptors (Lipinski definition) is 4. The van der Waals surface area contributed by atoms with Crippen LogP contribution >= 0.6 is 0 Å². The number of nitrogens with one attached hydrogen (secondary N) is 2. The quantitative estimate of drug-likeness (QED) is 0.704. The SMILES string of the molecule is COC(=O)c1cc2c(O)cc(NC(C)=O)cc2[nH]1. The van der Waals surface area contributed by atoms with Gasteiger partial charge in [-0.25, -0.2) is 4.79 Å². The standard InChI is InChI=1S/C12H12N2O4/c1-6(15)13-7-3-9-8(11(16)4-7)5-10(14-9)12(17)18-2/h3-5,14,16H,1-2H3,(H,13,15). The number of aromatic amines is 1. The lowest BCUT2D eigenvalue weighted by atomic mass is 10.2. The maximum absolute atomic E-state index is 11.4. The highest BCUT2D eigenvalue weighted by Gasteiger charge is 2.13. The molecule has 0 saturated heterocycles. The Kier molecular flexibility index (Phi) is 2.93. The molecule has 94 valence electrons. The van der Waals surface area contributed by atoms with E-state index in [0.29, 0.717) is 16.6 Å². The zero-order valence-electron chi connectivity index (χ0n) is 9.90. The molecule has 0 spiro atoms. The van der Waals surface area contributed by atoms with Crippen molar-refractivity contribution in [1.29, 1.82) is 0 Å². The Bertz CT molecular complexity index is 630. The van der Waals surface area contributed by atoms with Gasteiger partial charge in [-0.3, -0.25) is 4.79 Å². The fraction of sp³-hybridized carbons (Fsp3) is 0.167. The number of H-pyrrole nitrogens is 1. The Morgan fingerprint density at radius 3 is 2.67 bits per heavy atom. The molecule has 0 saturated carbocycles. The number of methoxy groups -OCH3 is 1. The van der Waals surface area contributed by atoms with Gasteiger partial charge >= 0.3 is 5.97 Å². The lowest BCUT2D eigenvalue weighted by Crippen LogP contribution is -2.05. The van der Waals surface area contributed by atoms with Crippen LogP contribution in [0.25, 0.3) is 10.9 Å². The van der Waals surface area contributed by atoms with Crippen LogP contribution < -0.4 is 5.32 Å². The van der Waals surface area contributed by atoms with Crippen molar-refractivity contribution in [2.45, 2.75) is 6.92 Å². The number of aromatic hydroxyl groups is 1. The number of aromatic nitrogens is 1. The van der Waals surface area contributed by atoms with Gasteiger partial charge in [0.1, 0.15) is 11.4 Å². The van der Waals surface area contributed by atoms with Crippen molar-refractivity contribution in [1.82, 2.24) is 4.98 Å². The maximum Gasteiger partial charge on any atom is 0.354 e. The third-order valence-corrected chi connectivity index (χ3v) is 2.44. The smallest absolute Gasteiger partial charge is 0.354 e. The van der Waals surface area contributed by atoms with E-state index in [1.165, 1.54) is 26.2 Å². The van der Waals surface area contributed by atoms with Gasteiger partial charge in [-0.2, -0.15) is 0 Å². The number of phenols is 1. The Hall–Kier alpha value is -2.50. The van der Waals surface area contributed by atoms with Crippen LogP contribution in [0.5, 0.6) is 5.75 Å². The van der Waals surface area contributed by atoms with Crippen molar-refractivity contribution >= 4 is 28.5 Å². The van der Waals surface area contributed by atoms with Crippen LogP contribution in [0.15, 0.2) is 18.2 Å². The number of anilines is 1. The van der Waals surface area contributed by atoms with Gasteiger partial charge in [0.25, 0.3) is 0 Å². The largest absolute Gasteiger partial charge is 0.507 e. The second kappa shape index (κ2) is 4.40. The first-order chi connectivity index (χ1) is 8.51. The van der Waals surface area contributed by atoms with Gasteiger partial charge in [0, 0.05) is 24.1 Å². The number of hydrogen-bond donors (Lipinski definition) is 3. The fourth-order valence-electron chi connectivity index (χ4n) is 1.71. The summed E-state index contributed by atoms with van der Waals surface area (Å²) >= 11 is 0. The molecule has 18 heavy (non-hydrogen) atoms. The van der Waals surface area contributed by atoms with Crippen molar-refractivity contribution in [2.75, 3.05) is 12.4 Å². The van der Waals surface area contributed by atoms with E-state index >= 15 is 0 Å². The van der Waals surface area contributed by atoms with E-state index in [0.717, 1.165) is 0 Å². The molecule has 0 aliphatic rings. The molecule has 0 unspecified atom stereocenters. The normalized spacial score (nSPS) is 10.3. The van der Waals surface area contributed by atoms with Crippen molar-refractivity contribution in [2.24, 2.45) is 0 Å². The number of ether oxygens (including phenoxy) is 1. The summed E-state index contributed by atoms with van der Waals surface area (Å²) in [7, 11) is 1.27. The summed E-state index contributed by atoms with van der Waals surface area (Å²) in [5, 5.41) is 12.9. The Morgan fingerprint density at radius 1 is 1.33 bits per heavy atom. The first kappa shape index (κ1) is 12.0. The number of benzene rings is 1. The minimum Gasteiger partial charge on any atom is -0.507 e. The third kappa shape index (κ3) is 2.13. The molecule has 3 N–H and O–H groups in total. The molecule has 6 nitrogen and oxygen atoms in total. The minimum absolute atomic E-state index is 0.0253. The highest BCUT2D eigenvalue weighted by Crippen LogP contribution is 2.29. The molecule has 0 fully saturated rings. The monoisotopic (exact) mass is 248 g/mol. The Labute approximate surface area is 103 Å². The highest BCUT2D eigenvalue weighted by atomic mass is 16.5. The summed E-state index contributed by atoms with van der Waals surface area (Å²) in [5.74, 6) is -0.789. The van der Waals surface area contributed by atoms with Gasteiger partial charge < -0.3 is 20.1 Å². The topological polar surface area (TPSA) is 91.4 Å². The van der Waals surface area contributed by atoms with E-state index in [-0.39, 0.29) is 17.4 Å². The van der Waals surface area contributed by atoms with Gasteiger partial charge in [0.2, 0.25) is 5.91 Å². The highest BCUT2D eigenvalue weighted by molar-refractivity contribution is 5.99. The predicted octanol–water partition coefficient (Wildman–Crippen LogP) is 1.62. The Morgan fingerprint density at radius 2 is 2.06 bits per heavy atom. The summed E-state index contributed by atoms with van der Waals surface area (Å²) in [5.41, 5.74) is 1.23. The van der Waals surface area contributed by atoms with E-state index in [9.17, 15) is 14.7 Å². The molecule has 0 atom stereocenters. The Balaban J connectivity index is 2.52. The molecule has 0 radical (unpaired) electrons. The second-order valence-corrected chi connectivity index (χ2v) is 3.81.